The summed E-state index contributed by atoms with van der Waals surface area (Å²) in [7, 11) is -3.80. The molecule has 0 N–H and O–H groups in total. The number of aryl methyl sites for hydroxylation is 1. The molecule has 0 spiro atoms. The van der Waals surface area contributed by atoms with Crippen LogP contribution in [-0.2, 0) is 27.8 Å². The summed E-state index contributed by atoms with van der Waals surface area (Å²) < 4.78 is 28.3. The number of amides is 1. The number of rotatable bonds is 6. The van der Waals surface area contributed by atoms with E-state index in [9.17, 15) is 13.2 Å². The number of hydrogen-bond donors (Lipinski definition) is 0. The Morgan fingerprint density at radius 3 is 2.00 bits per heavy atom. The van der Waals surface area contributed by atoms with E-state index in [-0.39, 0.29) is 23.4 Å². The van der Waals surface area contributed by atoms with Gasteiger partial charge in [-0.1, -0.05) is 78.4 Å². The Bertz CT molecular complexity index is 1160. The quantitative estimate of drug-likeness (QED) is 0.572. The van der Waals surface area contributed by atoms with Crippen LogP contribution in [0.15, 0.2) is 89.8 Å². The van der Waals surface area contributed by atoms with Crippen molar-refractivity contribution in [3.05, 3.63) is 102 Å². The molecular weight excluding hydrogens is 420 g/mol. The third-order valence-electron chi connectivity index (χ3n) is 6.04. The molecule has 1 heterocycles. The number of hydrogen-bond acceptors (Lipinski definition) is 3. The fourth-order valence-corrected chi connectivity index (χ4v) is 5.83. The third kappa shape index (κ3) is 4.61. The molecule has 6 heteroatoms. The molecule has 4 rings (SSSR count). The van der Waals surface area contributed by atoms with Crippen LogP contribution in [-0.4, -0.2) is 42.2 Å². The number of nitrogens with zero attached hydrogens (tertiary/aromatic N) is 2. The predicted molar refractivity (Wildman–Crippen MR) is 125 cm³/mol. The molecule has 0 aliphatic carbocycles. The highest BCUT2D eigenvalue weighted by Gasteiger charge is 2.43. The van der Waals surface area contributed by atoms with Crippen LogP contribution in [0, 0.1) is 6.92 Å². The minimum atomic E-state index is -3.80. The van der Waals surface area contributed by atoms with E-state index in [0.717, 1.165) is 16.7 Å². The maximum Gasteiger partial charge on any atom is 0.243 e. The molecule has 3 aromatic carbocycles. The highest BCUT2D eigenvalue weighted by Crippen LogP contribution is 2.28. The van der Waals surface area contributed by atoms with Gasteiger partial charge in [0.25, 0.3) is 0 Å². The van der Waals surface area contributed by atoms with Gasteiger partial charge < -0.3 is 4.90 Å². The van der Waals surface area contributed by atoms with Crippen molar-refractivity contribution in [1.82, 2.24) is 9.21 Å². The summed E-state index contributed by atoms with van der Waals surface area (Å²) in [6.07, 6.45) is 0.589. The van der Waals surface area contributed by atoms with Gasteiger partial charge in [0.2, 0.25) is 15.9 Å². The molecule has 3 aromatic rings. The van der Waals surface area contributed by atoms with E-state index in [1.807, 2.05) is 72.5 Å². The molecule has 1 saturated heterocycles. The predicted octanol–water partition coefficient (Wildman–Crippen LogP) is 4.03. The average molecular weight is 449 g/mol. The number of carbonyl (C=O) groups is 1. The summed E-state index contributed by atoms with van der Waals surface area (Å²) in [6, 6.07) is 25.5. The van der Waals surface area contributed by atoms with E-state index in [4.69, 9.17) is 0 Å². The van der Waals surface area contributed by atoms with Gasteiger partial charge in [-0.3, -0.25) is 4.79 Å². The van der Waals surface area contributed by atoms with E-state index in [1.165, 1.54) is 4.31 Å². The molecule has 0 saturated carbocycles. The summed E-state index contributed by atoms with van der Waals surface area (Å²) in [4.78, 5) is 15.6. The van der Waals surface area contributed by atoms with Crippen molar-refractivity contribution >= 4 is 15.9 Å². The van der Waals surface area contributed by atoms with Crippen molar-refractivity contribution in [1.29, 1.82) is 0 Å². The maximum atomic E-state index is 13.5. The smallest absolute Gasteiger partial charge is 0.243 e. The summed E-state index contributed by atoms with van der Waals surface area (Å²) in [5, 5.41) is 0. The van der Waals surface area contributed by atoms with Crippen LogP contribution >= 0.6 is 0 Å². The van der Waals surface area contributed by atoms with Crippen LogP contribution in [0.3, 0.4) is 0 Å². The molecule has 0 aromatic heterocycles. The van der Waals surface area contributed by atoms with Crippen molar-refractivity contribution in [3.8, 4) is 0 Å². The zero-order chi connectivity index (χ0) is 22.7. The summed E-state index contributed by atoms with van der Waals surface area (Å²) in [5.74, 6) is -0.170. The minimum Gasteiger partial charge on any atom is -0.332 e. The summed E-state index contributed by atoms with van der Waals surface area (Å²) in [6.45, 7) is 4.32. The van der Waals surface area contributed by atoms with Crippen molar-refractivity contribution in [2.45, 2.75) is 43.8 Å². The largest absolute Gasteiger partial charge is 0.332 e. The monoisotopic (exact) mass is 448 g/mol. The second-order valence-electron chi connectivity index (χ2n) is 8.36. The average Bonchev–Trinajstić information content (AvgIpc) is 2.80. The van der Waals surface area contributed by atoms with Crippen LogP contribution in [0.5, 0.6) is 0 Å². The normalized spacial score (nSPS) is 19.8. The van der Waals surface area contributed by atoms with Gasteiger partial charge in [-0.2, -0.15) is 4.31 Å². The van der Waals surface area contributed by atoms with E-state index in [2.05, 4.69) is 0 Å². The van der Waals surface area contributed by atoms with E-state index >= 15 is 0 Å². The molecule has 5 nitrogen and oxygen atoms in total. The topological polar surface area (TPSA) is 57.7 Å². The van der Waals surface area contributed by atoms with E-state index in [1.54, 1.807) is 31.2 Å². The van der Waals surface area contributed by atoms with E-state index in [0.29, 0.717) is 13.0 Å². The van der Waals surface area contributed by atoms with Crippen molar-refractivity contribution in [2.24, 2.45) is 0 Å². The van der Waals surface area contributed by atoms with Gasteiger partial charge in [0.15, 0.2) is 0 Å². The Balaban J connectivity index is 1.68. The van der Waals surface area contributed by atoms with Crippen molar-refractivity contribution < 1.29 is 13.2 Å². The second kappa shape index (κ2) is 9.27. The van der Waals surface area contributed by atoms with Crippen LogP contribution in [0.1, 0.15) is 23.6 Å². The lowest BCUT2D eigenvalue weighted by atomic mass is 10.00. The standard InChI is InChI=1S/C26H28N2O3S/c1-20-13-15-25(16-14-20)32(30,31)28-19-24(17-22-9-5-3-6-10-22)27(26(29)21(28)2)18-23-11-7-4-8-12-23/h3-16,21,24H,17-19H2,1-2H3/t21-,24+/m1/s1. The molecule has 0 bridgehead atoms. The van der Waals surface area contributed by atoms with Gasteiger partial charge in [0.05, 0.1) is 4.90 Å². The molecule has 1 amide bonds. The Hall–Kier alpha value is -2.96. The lowest BCUT2D eigenvalue weighted by Gasteiger charge is -2.44. The highest BCUT2D eigenvalue weighted by atomic mass is 32.2. The van der Waals surface area contributed by atoms with Crippen LogP contribution in [0.2, 0.25) is 0 Å². The minimum absolute atomic E-state index is 0.170. The first-order chi connectivity index (χ1) is 15.4. The van der Waals surface area contributed by atoms with E-state index < -0.39 is 16.1 Å². The molecular formula is C26H28N2O3S. The Morgan fingerprint density at radius 1 is 0.844 bits per heavy atom. The van der Waals surface area contributed by atoms with Gasteiger partial charge in [0.1, 0.15) is 6.04 Å². The molecule has 1 aliphatic rings. The zero-order valence-corrected chi connectivity index (χ0v) is 19.2. The molecule has 32 heavy (non-hydrogen) atoms. The first-order valence-electron chi connectivity index (χ1n) is 10.8. The molecule has 1 aliphatic heterocycles. The number of sulfonamides is 1. The van der Waals surface area contributed by atoms with Gasteiger partial charge in [-0.05, 0) is 43.5 Å². The lowest BCUT2D eigenvalue weighted by molar-refractivity contribution is -0.142. The number of benzene rings is 3. The number of piperazine rings is 1. The van der Waals surface area contributed by atoms with Crippen LogP contribution < -0.4 is 0 Å². The van der Waals surface area contributed by atoms with Gasteiger partial charge in [-0.25, -0.2) is 8.42 Å². The first kappa shape index (κ1) is 22.2. The summed E-state index contributed by atoms with van der Waals surface area (Å²) >= 11 is 0. The van der Waals surface area contributed by atoms with Crippen molar-refractivity contribution in [2.75, 3.05) is 6.54 Å². The van der Waals surface area contributed by atoms with Gasteiger partial charge in [-0.15, -0.1) is 0 Å². The number of carbonyl (C=O) groups excluding carboxylic acids is 1. The molecule has 0 unspecified atom stereocenters. The van der Waals surface area contributed by atoms with Crippen molar-refractivity contribution in [3.63, 3.8) is 0 Å². The Labute approximate surface area is 190 Å². The zero-order valence-electron chi connectivity index (χ0n) is 18.4. The molecule has 166 valence electrons. The second-order valence-corrected chi connectivity index (χ2v) is 10.2. The lowest BCUT2D eigenvalue weighted by Crippen LogP contribution is -2.62. The SMILES string of the molecule is Cc1ccc(S(=O)(=O)N2C[C@H](Cc3ccccc3)N(Cc3ccccc3)C(=O)[C@H]2C)cc1. The summed E-state index contributed by atoms with van der Waals surface area (Å²) in [5.41, 5.74) is 3.09. The van der Waals surface area contributed by atoms with Gasteiger partial charge >= 0.3 is 0 Å². The fraction of sp³-hybridized carbons (Fsp3) is 0.269. The molecule has 0 radical (unpaired) electrons. The third-order valence-corrected chi connectivity index (χ3v) is 7.99. The Morgan fingerprint density at radius 2 is 1.41 bits per heavy atom. The Kier molecular flexibility index (Phi) is 6.44. The van der Waals surface area contributed by atoms with Gasteiger partial charge in [0, 0.05) is 19.1 Å². The molecule has 1 fully saturated rings. The van der Waals surface area contributed by atoms with Crippen LogP contribution in [0.4, 0.5) is 0 Å². The fourth-order valence-electron chi connectivity index (χ4n) is 4.21. The van der Waals surface area contributed by atoms with Crippen LogP contribution in [0.25, 0.3) is 0 Å². The first-order valence-corrected chi connectivity index (χ1v) is 12.3. The highest BCUT2D eigenvalue weighted by molar-refractivity contribution is 7.89. The molecule has 2 atom stereocenters. The maximum absolute atomic E-state index is 13.5.